The van der Waals surface area contributed by atoms with Gasteiger partial charge < -0.3 is 10.1 Å². The highest BCUT2D eigenvalue weighted by molar-refractivity contribution is 6.18. The number of ether oxygens (including phenoxy) is 1. The van der Waals surface area contributed by atoms with E-state index in [2.05, 4.69) is 5.32 Å². The Hall–Kier alpha value is -0.970. The predicted molar refractivity (Wildman–Crippen MR) is 73.5 cm³/mol. The number of alkyl halides is 2. The van der Waals surface area contributed by atoms with Crippen molar-refractivity contribution in [2.75, 3.05) is 31.5 Å². The summed E-state index contributed by atoms with van der Waals surface area (Å²) in [5, 5.41) is 2.65. The SMILES string of the molecule is O=C(NCN(CCCl)CCCl)Oc1ccccc1. The largest absolute Gasteiger partial charge is 0.413 e. The molecule has 0 aliphatic rings. The fourth-order valence-corrected chi connectivity index (χ4v) is 1.80. The van der Waals surface area contributed by atoms with Crippen LogP contribution in [0.3, 0.4) is 0 Å². The van der Waals surface area contributed by atoms with Gasteiger partial charge in [0.25, 0.3) is 0 Å². The Balaban J connectivity index is 2.31. The molecule has 100 valence electrons. The highest BCUT2D eigenvalue weighted by Gasteiger charge is 2.07. The number of halogens is 2. The van der Waals surface area contributed by atoms with Crippen molar-refractivity contribution in [1.29, 1.82) is 0 Å². The van der Waals surface area contributed by atoms with Crippen molar-refractivity contribution in [3.8, 4) is 5.75 Å². The molecule has 0 radical (unpaired) electrons. The fraction of sp³-hybridized carbons (Fsp3) is 0.417. The summed E-state index contributed by atoms with van der Waals surface area (Å²) in [6.45, 7) is 1.70. The van der Waals surface area contributed by atoms with E-state index in [0.29, 0.717) is 37.3 Å². The molecule has 0 unspecified atom stereocenters. The predicted octanol–water partition coefficient (Wildman–Crippen LogP) is 2.51. The summed E-state index contributed by atoms with van der Waals surface area (Å²) in [4.78, 5) is 13.4. The molecule has 4 nitrogen and oxygen atoms in total. The Labute approximate surface area is 117 Å². The first-order valence-corrected chi connectivity index (χ1v) is 6.68. The number of para-hydroxylation sites is 1. The maximum atomic E-state index is 11.5. The molecule has 0 aliphatic heterocycles. The van der Waals surface area contributed by atoms with Crippen LogP contribution in [0.1, 0.15) is 0 Å². The van der Waals surface area contributed by atoms with E-state index in [1.165, 1.54) is 0 Å². The van der Waals surface area contributed by atoms with Gasteiger partial charge in [0.1, 0.15) is 5.75 Å². The van der Waals surface area contributed by atoms with Gasteiger partial charge >= 0.3 is 6.09 Å². The van der Waals surface area contributed by atoms with E-state index < -0.39 is 6.09 Å². The van der Waals surface area contributed by atoms with E-state index in [9.17, 15) is 4.79 Å². The number of nitrogens with one attached hydrogen (secondary N) is 1. The van der Waals surface area contributed by atoms with Gasteiger partial charge in [-0.2, -0.15) is 0 Å². The lowest BCUT2D eigenvalue weighted by atomic mass is 10.3. The third-order valence-corrected chi connectivity index (χ3v) is 2.54. The minimum Gasteiger partial charge on any atom is -0.410 e. The molecule has 0 spiro atoms. The zero-order valence-electron chi connectivity index (χ0n) is 9.94. The highest BCUT2D eigenvalue weighted by Crippen LogP contribution is 2.07. The summed E-state index contributed by atoms with van der Waals surface area (Å²) in [5.41, 5.74) is 0. The van der Waals surface area contributed by atoms with Crippen molar-refractivity contribution >= 4 is 29.3 Å². The van der Waals surface area contributed by atoms with Crippen LogP contribution in [0, 0.1) is 0 Å². The average Bonchev–Trinajstić information content (AvgIpc) is 2.38. The van der Waals surface area contributed by atoms with Gasteiger partial charge in [-0.25, -0.2) is 4.79 Å². The number of hydrogen-bond donors (Lipinski definition) is 1. The number of hydrogen-bond acceptors (Lipinski definition) is 3. The summed E-state index contributed by atoms with van der Waals surface area (Å²) < 4.78 is 5.08. The van der Waals surface area contributed by atoms with E-state index in [1.54, 1.807) is 24.3 Å². The first-order valence-electron chi connectivity index (χ1n) is 5.61. The van der Waals surface area contributed by atoms with E-state index in [1.807, 2.05) is 11.0 Å². The number of nitrogens with zero attached hydrogens (tertiary/aromatic N) is 1. The van der Waals surface area contributed by atoms with Gasteiger partial charge in [0.2, 0.25) is 0 Å². The monoisotopic (exact) mass is 290 g/mol. The lowest BCUT2D eigenvalue weighted by Gasteiger charge is -2.20. The van der Waals surface area contributed by atoms with E-state index >= 15 is 0 Å². The van der Waals surface area contributed by atoms with Gasteiger partial charge in [-0.3, -0.25) is 4.90 Å². The molecule has 0 aromatic heterocycles. The summed E-state index contributed by atoms with van der Waals surface area (Å²) in [6.07, 6.45) is -0.490. The zero-order valence-corrected chi connectivity index (χ0v) is 11.5. The molecule has 18 heavy (non-hydrogen) atoms. The van der Waals surface area contributed by atoms with Crippen LogP contribution in [0.15, 0.2) is 30.3 Å². The third-order valence-electron chi connectivity index (χ3n) is 2.20. The molecule has 0 saturated carbocycles. The molecule has 0 fully saturated rings. The number of carbonyl (C=O) groups is 1. The minimum atomic E-state index is -0.490. The smallest absolute Gasteiger partial charge is 0.410 e. The summed E-state index contributed by atoms with van der Waals surface area (Å²) in [7, 11) is 0. The van der Waals surface area contributed by atoms with Gasteiger partial charge in [0, 0.05) is 24.8 Å². The lowest BCUT2D eigenvalue weighted by Crippen LogP contribution is -2.40. The van der Waals surface area contributed by atoms with Crippen molar-refractivity contribution in [1.82, 2.24) is 10.2 Å². The molecule has 6 heteroatoms. The van der Waals surface area contributed by atoms with Crippen molar-refractivity contribution < 1.29 is 9.53 Å². The topological polar surface area (TPSA) is 41.6 Å². The molecule has 0 saturated heterocycles. The van der Waals surface area contributed by atoms with Gasteiger partial charge in [-0.1, -0.05) is 18.2 Å². The quantitative estimate of drug-likeness (QED) is 0.620. The van der Waals surface area contributed by atoms with Gasteiger partial charge in [0.05, 0.1) is 6.67 Å². The highest BCUT2D eigenvalue weighted by atomic mass is 35.5. The Kier molecular flexibility index (Phi) is 7.57. The van der Waals surface area contributed by atoms with Crippen molar-refractivity contribution in [3.63, 3.8) is 0 Å². The van der Waals surface area contributed by atoms with Crippen LogP contribution in [0.4, 0.5) is 4.79 Å². The van der Waals surface area contributed by atoms with Crippen LogP contribution in [0.25, 0.3) is 0 Å². The molecule has 1 aromatic rings. The molecule has 1 aromatic carbocycles. The van der Waals surface area contributed by atoms with Gasteiger partial charge in [-0.05, 0) is 12.1 Å². The second-order valence-electron chi connectivity index (χ2n) is 3.53. The van der Waals surface area contributed by atoms with Crippen LogP contribution >= 0.6 is 23.2 Å². The van der Waals surface area contributed by atoms with Crippen molar-refractivity contribution in [2.45, 2.75) is 0 Å². The van der Waals surface area contributed by atoms with E-state index in [4.69, 9.17) is 27.9 Å². The number of carbonyl (C=O) groups excluding carboxylic acids is 1. The second kappa shape index (κ2) is 9.03. The summed E-state index contributed by atoms with van der Waals surface area (Å²) >= 11 is 11.3. The summed E-state index contributed by atoms with van der Waals surface area (Å²) in [5.74, 6) is 1.50. The maximum absolute atomic E-state index is 11.5. The second-order valence-corrected chi connectivity index (χ2v) is 4.29. The number of rotatable bonds is 7. The Morgan fingerprint density at radius 3 is 2.33 bits per heavy atom. The lowest BCUT2D eigenvalue weighted by molar-refractivity contribution is 0.188. The Morgan fingerprint density at radius 1 is 1.17 bits per heavy atom. The van der Waals surface area contributed by atoms with Crippen LogP contribution in [0.5, 0.6) is 5.75 Å². The first-order chi connectivity index (χ1) is 8.76. The van der Waals surface area contributed by atoms with Crippen LogP contribution < -0.4 is 10.1 Å². The third kappa shape index (κ3) is 6.10. The minimum absolute atomic E-state index is 0.366. The normalized spacial score (nSPS) is 10.4. The average molecular weight is 291 g/mol. The molecule has 1 amide bonds. The van der Waals surface area contributed by atoms with Crippen LogP contribution in [-0.2, 0) is 0 Å². The van der Waals surface area contributed by atoms with Crippen molar-refractivity contribution in [3.05, 3.63) is 30.3 Å². The fourth-order valence-electron chi connectivity index (χ4n) is 1.32. The maximum Gasteiger partial charge on any atom is 0.413 e. The van der Waals surface area contributed by atoms with E-state index in [-0.39, 0.29) is 0 Å². The standard InChI is InChI=1S/C12H16Cl2N2O2/c13-6-8-16(9-7-14)10-15-12(17)18-11-4-2-1-3-5-11/h1-5H,6-10H2,(H,15,17). The zero-order chi connectivity index (χ0) is 13.2. The number of benzene rings is 1. The van der Waals surface area contributed by atoms with Crippen molar-refractivity contribution in [2.24, 2.45) is 0 Å². The molecule has 0 aliphatic carbocycles. The van der Waals surface area contributed by atoms with Crippen LogP contribution in [0.2, 0.25) is 0 Å². The molecule has 0 bridgehead atoms. The number of amides is 1. The summed E-state index contributed by atoms with van der Waals surface area (Å²) in [6, 6.07) is 8.89. The molecule has 0 heterocycles. The van der Waals surface area contributed by atoms with E-state index in [0.717, 1.165) is 0 Å². The Morgan fingerprint density at radius 2 is 1.78 bits per heavy atom. The van der Waals surface area contributed by atoms with Gasteiger partial charge in [0.15, 0.2) is 0 Å². The van der Waals surface area contributed by atoms with Crippen LogP contribution in [-0.4, -0.2) is 42.5 Å². The molecule has 0 atom stereocenters. The molecule has 1 N–H and O–H groups in total. The molecule has 1 rings (SSSR count). The Bertz CT molecular complexity index is 343. The molecular formula is C12H16Cl2N2O2. The molecular weight excluding hydrogens is 275 g/mol. The first kappa shape index (κ1) is 15.1. The van der Waals surface area contributed by atoms with Gasteiger partial charge in [-0.15, -0.1) is 23.2 Å².